The Morgan fingerprint density at radius 2 is 2.47 bits per heavy atom. The highest BCUT2D eigenvalue weighted by molar-refractivity contribution is 9.10. The number of rotatable bonds is 3. The summed E-state index contributed by atoms with van der Waals surface area (Å²) in [5.41, 5.74) is 0.586. The molecule has 5 heteroatoms. The molecule has 1 fully saturated rings. The van der Waals surface area contributed by atoms with E-state index in [1.54, 1.807) is 11.0 Å². The predicted octanol–water partition coefficient (Wildman–Crippen LogP) is 2.26. The third-order valence-corrected chi connectivity index (χ3v) is 3.72. The number of halogens is 1. The zero-order chi connectivity index (χ0) is 12.3. The molecule has 17 heavy (non-hydrogen) atoms. The highest BCUT2D eigenvalue weighted by Crippen LogP contribution is 2.19. The third kappa shape index (κ3) is 3.10. The van der Waals surface area contributed by atoms with E-state index in [0.29, 0.717) is 16.3 Å². The lowest BCUT2D eigenvalue weighted by Crippen LogP contribution is -2.44. The van der Waals surface area contributed by atoms with Gasteiger partial charge >= 0.3 is 0 Å². The molecule has 1 atom stereocenters. The van der Waals surface area contributed by atoms with Gasteiger partial charge in [-0.05, 0) is 41.4 Å². The van der Waals surface area contributed by atoms with Crippen LogP contribution in [0.5, 0.6) is 0 Å². The van der Waals surface area contributed by atoms with Gasteiger partial charge in [-0.1, -0.05) is 6.42 Å². The molecule has 0 saturated carbocycles. The number of nitrogens with one attached hydrogen (secondary N) is 1. The molecule has 1 aliphatic rings. The number of piperidine rings is 1. The van der Waals surface area contributed by atoms with Gasteiger partial charge in [0.15, 0.2) is 4.67 Å². The molecule has 0 spiro atoms. The first-order valence-electron chi connectivity index (χ1n) is 5.90. The SMILES string of the molecule is CN(CC1CCCCN1)C(=O)c1ccoc1Br. The van der Waals surface area contributed by atoms with Crippen molar-refractivity contribution in [1.29, 1.82) is 0 Å². The summed E-state index contributed by atoms with van der Waals surface area (Å²) >= 11 is 3.23. The van der Waals surface area contributed by atoms with E-state index in [0.717, 1.165) is 19.5 Å². The fraction of sp³-hybridized carbons (Fsp3) is 0.583. The van der Waals surface area contributed by atoms with E-state index < -0.39 is 0 Å². The Hall–Kier alpha value is -0.810. The molecule has 94 valence electrons. The molecular weight excluding hydrogens is 284 g/mol. The molecule has 0 radical (unpaired) electrons. The molecule has 0 bridgehead atoms. The molecule has 1 N–H and O–H groups in total. The van der Waals surface area contributed by atoms with Crippen molar-refractivity contribution in [3.8, 4) is 0 Å². The second-order valence-electron chi connectivity index (χ2n) is 4.44. The molecule has 1 unspecified atom stereocenters. The van der Waals surface area contributed by atoms with Gasteiger partial charge in [0.2, 0.25) is 0 Å². The minimum Gasteiger partial charge on any atom is -0.457 e. The summed E-state index contributed by atoms with van der Waals surface area (Å²) < 4.78 is 5.58. The normalized spacial score (nSPS) is 20.2. The summed E-state index contributed by atoms with van der Waals surface area (Å²) in [6, 6.07) is 2.11. The maximum absolute atomic E-state index is 12.1. The Morgan fingerprint density at radius 3 is 3.06 bits per heavy atom. The van der Waals surface area contributed by atoms with Crippen LogP contribution in [0.4, 0.5) is 0 Å². The number of amides is 1. The Labute approximate surface area is 109 Å². The van der Waals surface area contributed by atoms with Gasteiger partial charge in [-0.25, -0.2) is 0 Å². The lowest BCUT2D eigenvalue weighted by atomic mass is 10.0. The van der Waals surface area contributed by atoms with Gasteiger partial charge in [0.25, 0.3) is 5.91 Å². The van der Waals surface area contributed by atoms with Crippen LogP contribution in [-0.4, -0.2) is 37.0 Å². The maximum Gasteiger partial charge on any atom is 0.258 e. The van der Waals surface area contributed by atoms with Crippen molar-refractivity contribution in [2.45, 2.75) is 25.3 Å². The number of hydrogen-bond donors (Lipinski definition) is 1. The average molecular weight is 301 g/mol. The van der Waals surface area contributed by atoms with E-state index in [1.165, 1.54) is 19.1 Å². The minimum atomic E-state index is -0.00185. The van der Waals surface area contributed by atoms with Crippen LogP contribution in [-0.2, 0) is 0 Å². The van der Waals surface area contributed by atoms with Crippen molar-refractivity contribution in [3.05, 3.63) is 22.6 Å². The Balaban J connectivity index is 1.93. The average Bonchev–Trinajstić information content (AvgIpc) is 2.76. The Kier molecular flexibility index (Phi) is 4.23. The summed E-state index contributed by atoms with van der Waals surface area (Å²) in [6.45, 7) is 1.80. The van der Waals surface area contributed by atoms with E-state index in [4.69, 9.17) is 4.42 Å². The summed E-state index contributed by atoms with van der Waals surface area (Å²) in [5.74, 6) is -0.00185. The van der Waals surface area contributed by atoms with Crippen molar-refractivity contribution >= 4 is 21.8 Å². The van der Waals surface area contributed by atoms with E-state index in [9.17, 15) is 4.79 Å². The van der Waals surface area contributed by atoms with E-state index >= 15 is 0 Å². The smallest absolute Gasteiger partial charge is 0.258 e. The topological polar surface area (TPSA) is 45.5 Å². The summed E-state index contributed by atoms with van der Waals surface area (Å²) in [6.07, 6.45) is 5.14. The number of carbonyl (C=O) groups excluding carboxylic acids is 1. The number of likely N-dealkylation sites (N-methyl/N-ethyl adjacent to an activating group) is 1. The highest BCUT2D eigenvalue weighted by atomic mass is 79.9. The number of hydrogen-bond acceptors (Lipinski definition) is 3. The summed E-state index contributed by atoms with van der Waals surface area (Å²) in [7, 11) is 1.83. The van der Waals surface area contributed by atoms with Crippen molar-refractivity contribution < 1.29 is 9.21 Å². The van der Waals surface area contributed by atoms with Crippen LogP contribution in [0.1, 0.15) is 29.6 Å². The molecule has 0 aliphatic carbocycles. The van der Waals surface area contributed by atoms with Crippen LogP contribution in [0.2, 0.25) is 0 Å². The van der Waals surface area contributed by atoms with Crippen molar-refractivity contribution in [2.75, 3.05) is 20.1 Å². The maximum atomic E-state index is 12.1. The Morgan fingerprint density at radius 1 is 1.65 bits per heavy atom. The van der Waals surface area contributed by atoms with Crippen LogP contribution >= 0.6 is 15.9 Å². The van der Waals surface area contributed by atoms with E-state index in [2.05, 4.69) is 21.2 Å². The zero-order valence-corrected chi connectivity index (χ0v) is 11.5. The molecule has 2 rings (SSSR count). The molecule has 1 amide bonds. The first-order valence-corrected chi connectivity index (χ1v) is 6.69. The molecule has 1 aliphatic heterocycles. The quantitative estimate of drug-likeness (QED) is 0.931. The number of furan rings is 1. The van der Waals surface area contributed by atoms with E-state index in [1.807, 2.05) is 7.05 Å². The highest BCUT2D eigenvalue weighted by Gasteiger charge is 2.21. The van der Waals surface area contributed by atoms with Crippen LogP contribution in [0.25, 0.3) is 0 Å². The van der Waals surface area contributed by atoms with Crippen LogP contribution in [0, 0.1) is 0 Å². The second kappa shape index (κ2) is 5.69. The third-order valence-electron chi connectivity index (χ3n) is 3.10. The minimum absolute atomic E-state index is 0.00185. The standard InChI is InChI=1S/C12H17BrN2O2/c1-15(8-9-4-2-3-6-14-9)12(16)10-5-7-17-11(10)13/h5,7,9,14H,2-4,6,8H2,1H3. The molecule has 2 heterocycles. The van der Waals surface area contributed by atoms with E-state index in [-0.39, 0.29) is 5.91 Å². The lowest BCUT2D eigenvalue weighted by Gasteiger charge is -2.28. The van der Waals surface area contributed by atoms with Crippen LogP contribution in [0.3, 0.4) is 0 Å². The van der Waals surface area contributed by atoms with Gasteiger partial charge in [0, 0.05) is 19.6 Å². The van der Waals surface area contributed by atoms with Crippen molar-refractivity contribution in [1.82, 2.24) is 10.2 Å². The first kappa shape index (κ1) is 12.6. The van der Waals surface area contributed by atoms with Gasteiger partial charge in [-0.15, -0.1) is 0 Å². The number of carbonyl (C=O) groups is 1. The Bertz CT molecular complexity index is 386. The van der Waals surface area contributed by atoms with Gasteiger partial charge in [-0.2, -0.15) is 0 Å². The zero-order valence-electron chi connectivity index (χ0n) is 9.91. The van der Waals surface area contributed by atoms with Gasteiger partial charge < -0.3 is 14.6 Å². The lowest BCUT2D eigenvalue weighted by molar-refractivity contribution is 0.0773. The molecule has 1 aromatic rings. The second-order valence-corrected chi connectivity index (χ2v) is 5.16. The summed E-state index contributed by atoms with van der Waals surface area (Å²) in [4.78, 5) is 13.9. The molecule has 1 saturated heterocycles. The van der Waals surface area contributed by atoms with Crippen molar-refractivity contribution in [3.63, 3.8) is 0 Å². The molecule has 4 nitrogen and oxygen atoms in total. The van der Waals surface area contributed by atoms with Crippen LogP contribution < -0.4 is 5.32 Å². The van der Waals surface area contributed by atoms with Gasteiger partial charge in [-0.3, -0.25) is 4.79 Å². The first-order chi connectivity index (χ1) is 8.18. The van der Waals surface area contributed by atoms with Crippen LogP contribution in [0.15, 0.2) is 21.4 Å². The monoisotopic (exact) mass is 300 g/mol. The number of nitrogens with zero attached hydrogens (tertiary/aromatic N) is 1. The fourth-order valence-corrected chi connectivity index (χ4v) is 2.55. The fourth-order valence-electron chi connectivity index (χ4n) is 2.15. The van der Waals surface area contributed by atoms with Crippen molar-refractivity contribution in [2.24, 2.45) is 0 Å². The predicted molar refractivity (Wildman–Crippen MR) is 69.0 cm³/mol. The van der Waals surface area contributed by atoms with Gasteiger partial charge in [0.1, 0.15) is 0 Å². The molecular formula is C12H17BrN2O2. The molecule has 1 aromatic heterocycles. The molecule has 0 aromatic carbocycles. The van der Waals surface area contributed by atoms with Gasteiger partial charge in [0.05, 0.1) is 11.8 Å². The summed E-state index contributed by atoms with van der Waals surface area (Å²) in [5, 5.41) is 3.44. The largest absolute Gasteiger partial charge is 0.457 e.